The minimum Gasteiger partial charge on any atom is -0.342 e. The normalized spacial score (nSPS) is 24.0. The number of rotatable bonds is 6. The van der Waals surface area contributed by atoms with Crippen molar-refractivity contribution in [1.29, 1.82) is 0 Å². The fourth-order valence-corrected chi connectivity index (χ4v) is 3.48. The van der Waals surface area contributed by atoms with E-state index in [1.54, 1.807) is 18.2 Å². The molecular weight excluding hydrogens is 365 g/mol. The van der Waals surface area contributed by atoms with Crippen LogP contribution in [0.25, 0.3) is 0 Å². The maximum absolute atomic E-state index is 10.9. The highest BCUT2D eigenvalue weighted by Crippen LogP contribution is 2.44. The summed E-state index contributed by atoms with van der Waals surface area (Å²) in [5, 5.41) is 0.897. The third-order valence-corrected chi connectivity index (χ3v) is 4.95. The van der Waals surface area contributed by atoms with E-state index in [0.717, 1.165) is 0 Å². The van der Waals surface area contributed by atoms with Gasteiger partial charge in [-0.15, -0.1) is 0 Å². The standard InChI is InChI=1S/C14H19Cl2NO5S/c1-3-14(4-2)21-12(8-17-23(18,19)20)13(22-14)10-6-5-9(15)7-11(10)16/h5-7,12-13,17H,3-4,8H2,1-2H3,(H,18,19,20)/t12-,13-/m0/s1. The van der Waals surface area contributed by atoms with Gasteiger partial charge in [0.2, 0.25) is 0 Å². The zero-order valence-corrected chi connectivity index (χ0v) is 15.1. The first-order valence-electron chi connectivity index (χ1n) is 7.22. The number of nitrogens with one attached hydrogen (secondary N) is 1. The number of benzene rings is 1. The molecule has 1 heterocycles. The molecule has 0 spiro atoms. The molecule has 1 fully saturated rings. The molecule has 1 aromatic carbocycles. The van der Waals surface area contributed by atoms with Crippen molar-refractivity contribution >= 4 is 33.5 Å². The van der Waals surface area contributed by atoms with Crippen molar-refractivity contribution < 1.29 is 22.4 Å². The molecule has 0 bridgehead atoms. The predicted octanol–water partition coefficient (Wildman–Crippen LogP) is 3.36. The molecule has 130 valence electrons. The maximum atomic E-state index is 10.9. The molecule has 9 heteroatoms. The molecule has 0 radical (unpaired) electrons. The van der Waals surface area contributed by atoms with Crippen LogP contribution in [0.3, 0.4) is 0 Å². The summed E-state index contributed by atoms with van der Waals surface area (Å²) in [5.41, 5.74) is 0.655. The summed E-state index contributed by atoms with van der Waals surface area (Å²) in [6, 6.07) is 4.99. The quantitative estimate of drug-likeness (QED) is 0.735. The number of hydrogen-bond donors (Lipinski definition) is 2. The predicted molar refractivity (Wildman–Crippen MR) is 88.0 cm³/mol. The molecular formula is C14H19Cl2NO5S. The highest BCUT2D eigenvalue weighted by Gasteiger charge is 2.46. The van der Waals surface area contributed by atoms with Crippen molar-refractivity contribution in [2.24, 2.45) is 0 Å². The zero-order valence-electron chi connectivity index (χ0n) is 12.8. The number of hydrogen-bond acceptors (Lipinski definition) is 4. The average molecular weight is 384 g/mol. The van der Waals surface area contributed by atoms with Crippen molar-refractivity contribution in [3.05, 3.63) is 33.8 Å². The van der Waals surface area contributed by atoms with E-state index in [9.17, 15) is 8.42 Å². The molecule has 0 aromatic heterocycles. The minimum atomic E-state index is -4.32. The van der Waals surface area contributed by atoms with Crippen LogP contribution in [0, 0.1) is 0 Å². The lowest BCUT2D eigenvalue weighted by molar-refractivity contribution is -0.179. The van der Waals surface area contributed by atoms with Crippen molar-refractivity contribution in [3.63, 3.8) is 0 Å². The molecule has 0 saturated carbocycles. The summed E-state index contributed by atoms with van der Waals surface area (Å²) < 4.78 is 44.8. The third-order valence-electron chi connectivity index (χ3n) is 3.86. The second-order valence-electron chi connectivity index (χ2n) is 5.30. The third kappa shape index (κ3) is 4.57. The molecule has 2 N–H and O–H groups in total. The van der Waals surface area contributed by atoms with Crippen LogP contribution >= 0.6 is 23.2 Å². The van der Waals surface area contributed by atoms with Gasteiger partial charge < -0.3 is 9.47 Å². The van der Waals surface area contributed by atoms with Crippen LogP contribution in [0.1, 0.15) is 38.4 Å². The lowest BCUT2D eigenvalue weighted by Crippen LogP contribution is -2.36. The maximum Gasteiger partial charge on any atom is 0.333 e. The van der Waals surface area contributed by atoms with Crippen LogP contribution in [0.2, 0.25) is 10.0 Å². The Morgan fingerprint density at radius 1 is 1.26 bits per heavy atom. The fraction of sp³-hybridized carbons (Fsp3) is 0.571. The molecule has 2 rings (SSSR count). The number of ether oxygens (including phenoxy) is 2. The van der Waals surface area contributed by atoms with Crippen LogP contribution in [0.5, 0.6) is 0 Å². The Morgan fingerprint density at radius 2 is 1.91 bits per heavy atom. The van der Waals surface area contributed by atoms with Gasteiger partial charge in [-0.05, 0) is 25.0 Å². The summed E-state index contributed by atoms with van der Waals surface area (Å²) in [6.07, 6.45) is -0.0225. The minimum absolute atomic E-state index is 0.135. The second kappa shape index (κ2) is 7.23. The van der Waals surface area contributed by atoms with Crippen LogP contribution < -0.4 is 4.72 Å². The Bertz CT molecular complexity index is 663. The molecule has 0 amide bonds. The average Bonchev–Trinajstić information content (AvgIpc) is 2.84. The first-order valence-corrected chi connectivity index (χ1v) is 9.42. The van der Waals surface area contributed by atoms with Gasteiger partial charge in [-0.25, -0.2) is 0 Å². The second-order valence-corrected chi connectivity index (χ2v) is 7.38. The lowest BCUT2D eigenvalue weighted by atomic mass is 10.0. The van der Waals surface area contributed by atoms with E-state index in [0.29, 0.717) is 28.5 Å². The monoisotopic (exact) mass is 383 g/mol. The van der Waals surface area contributed by atoms with Crippen LogP contribution in [0.15, 0.2) is 18.2 Å². The molecule has 1 saturated heterocycles. The van der Waals surface area contributed by atoms with Crippen molar-refractivity contribution in [2.45, 2.75) is 44.7 Å². The van der Waals surface area contributed by atoms with E-state index >= 15 is 0 Å². The van der Waals surface area contributed by atoms with E-state index < -0.39 is 28.3 Å². The van der Waals surface area contributed by atoms with Gasteiger partial charge in [0.15, 0.2) is 5.79 Å². The topological polar surface area (TPSA) is 84.9 Å². The van der Waals surface area contributed by atoms with E-state index in [1.807, 2.05) is 18.6 Å². The Morgan fingerprint density at radius 3 is 2.43 bits per heavy atom. The van der Waals surface area contributed by atoms with E-state index in [1.165, 1.54) is 0 Å². The first-order chi connectivity index (χ1) is 10.7. The summed E-state index contributed by atoms with van der Waals surface area (Å²) in [4.78, 5) is 0. The zero-order chi connectivity index (χ0) is 17.3. The molecule has 23 heavy (non-hydrogen) atoms. The number of halogens is 2. The lowest BCUT2D eigenvalue weighted by Gasteiger charge is -2.25. The van der Waals surface area contributed by atoms with Gasteiger partial charge in [-0.1, -0.05) is 43.1 Å². The summed E-state index contributed by atoms with van der Waals surface area (Å²) >= 11 is 12.1. The Balaban J connectivity index is 2.32. The Labute approximate surface area is 145 Å². The van der Waals surface area contributed by atoms with Gasteiger partial charge in [0.25, 0.3) is 0 Å². The van der Waals surface area contributed by atoms with Crippen molar-refractivity contribution in [2.75, 3.05) is 6.54 Å². The van der Waals surface area contributed by atoms with Gasteiger partial charge in [0, 0.05) is 22.2 Å². The van der Waals surface area contributed by atoms with E-state index in [2.05, 4.69) is 0 Å². The van der Waals surface area contributed by atoms with Crippen molar-refractivity contribution in [3.8, 4) is 0 Å². The summed E-state index contributed by atoms with van der Waals surface area (Å²) in [7, 11) is -4.32. The molecule has 1 aliphatic heterocycles. The largest absolute Gasteiger partial charge is 0.342 e. The van der Waals surface area contributed by atoms with Gasteiger partial charge in [-0.3, -0.25) is 4.55 Å². The van der Waals surface area contributed by atoms with E-state index in [-0.39, 0.29) is 6.54 Å². The Hall–Kier alpha value is -0.410. The SMILES string of the molecule is CCC1(CC)O[C@@H](CNS(=O)(=O)O)[C@H](c2ccc(Cl)cc2Cl)O1. The van der Waals surface area contributed by atoms with E-state index in [4.69, 9.17) is 37.2 Å². The summed E-state index contributed by atoms with van der Waals surface area (Å²) in [6.45, 7) is 3.70. The van der Waals surface area contributed by atoms with Gasteiger partial charge >= 0.3 is 10.3 Å². The van der Waals surface area contributed by atoms with Gasteiger partial charge in [0.05, 0.1) is 0 Å². The molecule has 2 atom stereocenters. The van der Waals surface area contributed by atoms with Crippen LogP contribution in [-0.2, 0) is 19.8 Å². The molecule has 0 unspecified atom stereocenters. The molecule has 6 nitrogen and oxygen atoms in total. The first kappa shape index (κ1) is 18.9. The van der Waals surface area contributed by atoms with Crippen LogP contribution in [0.4, 0.5) is 0 Å². The van der Waals surface area contributed by atoms with Gasteiger partial charge in [0.1, 0.15) is 12.2 Å². The molecule has 0 aliphatic carbocycles. The highest BCUT2D eigenvalue weighted by atomic mass is 35.5. The fourth-order valence-electron chi connectivity index (χ4n) is 2.59. The highest BCUT2D eigenvalue weighted by molar-refractivity contribution is 7.83. The Kier molecular flexibility index (Phi) is 5.94. The molecule has 1 aromatic rings. The smallest absolute Gasteiger partial charge is 0.333 e. The summed E-state index contributed by atoms with van der Waals surface area (Å²) in [5.74, 6) is -0.820. The van der Waals surface area contributed by atoms with Gasteiger partial charge in [-0.2, -0.15) is 13.1 Å². The van der Waals surface area contributed by atoms with Crippen LogP contribution in [-0.4, -0.2) is 31.4 Å². The van der Waals surface area contributed by atoms with Crippen molar-refractivity contribution in [1.82, 2.24) is 4.72 Å². The molecule has 1 aliphatic rings.